The van der Waals surface area contributed by atoms with Gasteiger partial charge in [-0.25, -0.2) is 4.79 Å². The van der Waals surface area contributed by atoms with Gasteiger partial charge in [0, 0.05) is 42.2 Å². The van der Waals surface area contributed by atoms with Gasteiger partial charge in [-0.3, -0.25) is 15.1 Å². The van der Waals surface area contributed by atoms with E-state index in [-0.39, 0.29) is 23.1 Å². The molecular weight excluding hydrogens is 440 g/mol. The lowest BCUT2D eigenvalue weighted by Crippen LogP contribution is -2.36. The van der Waals surface area contributed by atoms with Crippen molar-refractivity contribution in [1.29, 1.82) is 5.26 Å². The van der Waals surface area contributed by atoms with Gasteiger partial charge in [0.2, 0.25) is 0 Å². The number of anilines is 2. The number of ether oxygens (including phenoxy) is 3. The van der Waals surface area contributed by atoms with Crippen molar-refractivity contribution in [2.75, 3.05) is 25.2 Å². The molecule has 34 heavy (non-hydrogen) atoms. The molecule has 2 aliphatic heterocycles. The van der Waals surface area contributed by atoms with Gasteiger partial charge in [-0.2, -0.15) is 5.26 Å². The van der Waals surface area contributed by atoms with Crippen LogP contribution in [-0.4, -0.2) is 48.3 Å². The molecule has 5 rings (SSSR count). The highest BCUT2D eigenvalue weighted by Gasteiger charge is 2.38. The molecule has 0 amide bonds. The SMILES string of the molecule is COC(=O)C1Cc2ccccc2N1c1c(C#N)cnc2cc(OC3CCOC3)c([N+](=O)[O-])cc12. The zero-order valence-electron chi connectivity index (χ0n) is 18.3. The van der Waals surface area contributed by atoms with Crippen LogP contribution in [0.1, 0.15) is 17.5 Å². The summed E-state index contributed by atoms with van der Waals surface area (Å²) >= 11 is 0. The lowest BCUT2D eigenvalue weighted by Gasteiger charge is -2.28. The molecule has 0 aliphatic carbocycles. The van der Waals surface area contributed by atoms with E-state index in [1.54, 1.807) is 4.90 Å². The van der Waals surface area contributed by atoms with Gasteiger partial charge in [-0.15, -0.1) is 0 Å². The number of nitrogens with zero attached hydrogens (tertiary/aromatic N) is 4. The van der Waals surface area contributed by atoms with Crippen molar-refractivity contribution >= 4 is 33.9 Å². The van der Waals surface area contributed by atoms with Crippen LogP contribution in [-0.2, 0) is 20.7 Å². The molecule has 0 N–H and O–H groups in total. The smallest absolute Gasteiger partial charge is 0.329 e. The van der Waals surface area contributed by atoms with Gasteiger partial charge in [0.25, 0.3) is 0 Å². The van der Waals surface area contributed by atoms with E-state index in [1.807, 2.05) is 24.3 Å². The van der Waals surface area contributed by atoms with E-state index in [0.29, 0.717) is 42.6 Å². The standard InChI is InChI=1S/C24H20N4O6/c1-32-24(29)21-8-14-4-2-3-5-19(14)27(21)23-15(11-25)12-26-18-10-22(34-16-6-7-33-13-16)20(28(30)31)9-17(18)23/h2-5,9-10,12,16,21H,6-8,13H2,1H3. The van der Waals surface area contributed by atoms with Crippen LogP contribution < -0.4 is 9.64 Å². The quantitative estimate of drug-likeness (QED) is 0.319. The molecule has 0 saturated carbocycles. The number of rotatable bonds is 5. The summed E-state index contributed by atoms with van der Waals surface area (Å²) in [5.41, 5.74) is 2.34. The Kier molecular flexibility index (Phi) is 5.47. The summed E-state index contributed by atoms with van der Waals surface area (Å²) in [5.74, 6) is -0.386. The number of carbonyl (C=O) groups excluding carboxylic acids is 1. The number of nitro benzene ring substituents is 1. The summed E-state index contributed by atoms with van der Waals surface area (Å²) in [6.07, 6.45) is 2.12. The number of para-hydroxylation sites is 1. The van der Waals surface area contributed by atoms with Gasteiger partial charge in [-0.1, -0.05) is 18.2 Å². The van der Waals surface area contributed by atoms with Crippen molar-refractivity contribution in [3.63, 3.8) is 0 Å². The lowest BCUT2D eigenvalue weighted by atomic mass is 10.1. The minimum Gasteiger partial charge on any atom is -0.481 e. The molecule has 3 heterocycles. The van der Waals surface area contributed by atoms with Crippen LogP contribution in [0.4, 0.5) is 17.1 Å². The molecule has 2 unspecified atom stereocenters. The molecule has 0 bridgehead atoms. The minimum atomic E-state index is -0.731. The molecule has 2 atom stereocenters. The van der Waals surface area contributed by atoms with Crippen LogP contribution in [0.25, 0.3) is 10.9 Å². The molecule has 0 radical (unpaired) electrons. The Morgan fingerprint density at radius 3 is 2.88 bits per heavy atom. The molecule has 10 nitrogen and oxygen atoms in total. The summed E-state index contributed by atoms with van der Waals surface area (Å²) in [6.45, 7) is 0.885. The lowest BCUT2D eigenvalue weighted by molar-refractivity contribution is -0.385. The van der Waals surface area contributed by atoms with E-state index in [2.05, 4.69) is 11.1 Å². The van der Waals surface area contributed by atoms with Crippen molar-refractivity contribution in [3.8, 4) is 11.8 Å². The zero-order valence-corrected chi connectivity index (χ0v) is 18.3. The molecule has 1 aromatic heterocycles. The predicted molar refractivity (Wildman–Crippen MR) is 121 cm³/mol. The third kappa shape index (κ3) is 3.56. The summed E-state index contributed by atoms with van der Waals surface area (Å²) in [5, 5.41) is 22.2. The average molecular weight is 460 g/mol. The number of hydrogen-bond acceptors (Lipinski definition) is 9. The highest BCUT2D eigenvalue weighted by molar-refractivity contribution is 6.02. The largest absolute Gasteiger partial charge is 0.481 e. The molecule has 1 fully saturated rings. The number of nitriles is 1. The Bertz CT molecular complexity index is 1350. The maximum Gasteiger partial charge on any atom is 0.329 e. The highest BCUT2D eigenvalue weighted by Crippen LogP contribution is 2.45. The summed E-state index contributed by atoms with van der Waals surface area (Å²) < 4.78 is 16.2. The maximum absolute atomic E-state index is 12.7. The van der Waals surface area contributed by atoms with Gasteiger partial charge < -0.3 is 19.1 Å². The van der Waals surface area contributed by atoms with Crippen molar-refractivity contribution in [3.05, 3.63) is 63.8 Å². The molecule has 1 saturated heterocycles. The van der Waals surface area contributed by atoms with E-state index < -0.39 is 16.9 Å². The monoisotopic (exact) mass is 460 g/mol. The van der Waals surface area contributed by atoms with Gasteiger partial charge in [0.1, 0.15) is 18.2 Å². The Balaban J connectivity index is 1.74. The zero-order chi connectivity index (χ0) is 23.8. The molecule has 10 heteroatoms. The van der Waals surface area contributed by atoms with Crippen LogP contribution >= 0.6 is 0 Å². The first kappa shape index (κ1) is 21.6. The molecule has 2 aromatic carbocycles. The third-order valence-electron chi connectivity index (χ3n) is 6.11. The Morgan fingerprint density at radius 1 is 1.35 bits per heavy atom. The molecule has 0 spiro atoms. The fourth-order valence-corrected chi connectivity index (χ4v) is 4.55. The topological polar surface area (TPSA) is 128 Å². The van der Waals surface area contributed by atoms with Crippen LogP contribution in [0, 0.1) is 21.4 Å². The van der Waals surface area contributed by atoms with Crippen LogP contribution in [0.2, 0.25) is 0 Å². The van der Waals surface area contributed by atoms with E-state index in [9.17, 15) is 20.2 Å². The third-order valence-corrected chi connectivity index (χ3v) is 6.11. The van der Waals surface area contributed by atoms with Gasteiger partial charge >= 0.3 is 11.7 Å². The second-order valence-electron chi connectivity index (χ2n) is 8.07. The van der Waals surface area contributed by atoms with Crippen LogP contribution in [0.3, 0.4) is 0 Å². The van der Waals surface area contributed by atoms with Gasteiger partial charge in [0.15, 0.2) is 5.75 Å². The number of hydrogen-bond donors (Lipinski definition) is 0. The van der Waals surface area contributed by atoms with Gasteiger partial charge in [0.05, 0.1) is 42.0 Å². The number of methoxy groups -OCH3 is 1. The number of benzene rings is 2. The number of fused-ring (bicyclic) bond motifs is 2. The molecule has 2 aliphatic rings. The number of nitro groups is 1. The Labute approximate surface area is 194 Å². The Morgan fingerprint density at radius 2 is 2.18 bits per heavy atom. The number of pyridine rings is 1. The second kappa shape index (κ2) is 8.61. The van der Waals surface area contributed by atoms with Crippen LogP contribution in [0.5, 0.6) is 5.75 Å². The summed E-state index contributed by atoms with van der Waals surface area (Å²) in [7, 11) is 1.31. The first-order valence-corrected chi connectivity index (χ1v) is 10.7. The number of carbonyl (C=O) groups is 1. The van der Waals surface area contributed by atoms with Crippen molar-refractivity contribution in [2.24, 2.45) is 0 Å². The van der Waals surface area contributed by atoms with E-state index >= 15 is 0 Å². The van der Waals surface area contributed by atoms with E-state index in [1.165, 1.54) is 25.4 Å². The Hall–Kier alpha value is -4.23. The molecule has 172 valence electrons. The normalized spacial score (nSPS) is 19.0. The minimum absolute atomic E-state index is 0.0856. The fraction of sp³-hybridized carbons (Fsp3) is 0.292. The highest BCUT2D eigenvalue weighted by atomic mass is 16.6. The number of aromatic nitrogens is 1. The van der Waals surface area contributed by atoms with Crippen LogP contribution in [0.15, 0.2) is 42.6 Å². The van der Waals surface area contributed by atoms with Crippen molar-refractivity contribution in [2.45, 2.75) is 25.0 Å². The van der Waals surface area contributed by atoms with E-state index in [0.717, 1.165) is 11.3 Å². The predicted octanol–water partition coefficient (Wildman–Crippen LogP) is 3.42. The maximum atomic E-state index is 12.7. The summed E-state index contributed by atoms with van der Waals surface area (Å²) in [4.78, 5) is 30.2. The molecular formula is C24H20N4O6. The van der Waals surface area contributed by atoms with E-state index in [4.69, 9.17) is 14.2 Å². The second-order valence-corrected chi connectivity index (χ2v) is 8.07. The van der Waals surface area contributed by atoms with Crippen molar-refractivity contribution in [1.82, 2.24) is 4.98 Å². The van der Waals surface area contributed by atoms with Crippen molar-refractivity contribution < 1.29 is 23.9 Å². The first-order chi connectivity index (χ1) is 16.5. The molecule has 3 aromatic rings. The summed E-state index contributed by atoms with van der Waals surface area (Å²) in [6, 6.07) is 11.7. The van der Waals surface area contributed by atoms with Gasteiger partial charge in [-0.05, 0) is 11.6 Å². The number of esters is 1. The average Bonchev–Trinajstić information content (AvgIpc) is 3.50. The first-order valence-electron chi connectivity index (χ1n) is 10.7. The fourth-order valence-electron chi connectivity index (χ4n) is 4.55.